The maximum absolute atomic E-state index is 12.2. The Hall–Kier alpha value is -0.900. The van der Waals surface area contributed by atoms with Crippen molar-refractivity contribution in [1.82, 2.24) is 0 Å². The third-order valence-corrected chi connectivity index (χ3v) is 3.43. The molecule has 0 radical (unpaired) electrons. The standard InChI is InChI=1S/C13H16ClNO2/c14-11-3-1-2-10(8-11)9-12(16)13(15)4-6-17-7-5-13/h1-3,8H,4-7,9,15H2. The van der Waals surface area contributed by atoms with Gasteiger partial charge in [0.25, 0.3) is 0 Å². The first-order valence-corrected chi connectivity index (χ1v) is 6.12. The molecule has 2 N–H and O–H groups in total. The molecule has 1 aromatic rings. The molecule has 1 aliphatic rings. The van der Waals surface area contributed by atoms with Gasteiger partial charge in [0.05, 0.1) is 5.54 Å². The van der Waals surface area contributed by atoms with E-state index in [1.54, 1.807) is 6.07 Å². The minimum atomic E-state index is -0.722. The van der Waals surface area contributed by atoms with Crippen LogP contribution in [-0.4, -0.2) is 24.5 Å². The van der Waals surface area contributed by atoms with Crippen LogP contribution in [0.5, 0.6) is 0 Å². The van der Waals surface area contributed by atoms with Crippen LogP contribution in [0.1, 0.15) is 18.4 Å². The Morgan fingerprint density at radius 2 is 2.12 bits per heavy atom. The zero-order valence-corrected chi connectivity index (χ0v) is 10.4. The molecule has 4 heteroatoms. The van der Waals surface area contributed by atoms with Gasteiger partial charge in [-0.2, -0.15) is 0 Å². The lowest BCUT2D eigenvalue weighted by atomic mass is 9.84. The molecule has 0 saturated carbocycles. The molecular formula is C13H16ClNO2. The Morgan fingerprint density at radius 3 is 2.76 bits per heavy atom. The van der Waals surface area contributed by atoms with Crippen LogP contribution in [0.15, 0.2) is 24.3 Å². The van der Waals surface area contributed by atoms with Crippen molar-refractivity contribution < 1.29 is 9.53 Å². The molecule has 1 aromatic carbocycles. The maximum Gasteiger partial charge on any atom is 0.157 e. The van der Waals surface area contributed by atoms with E-state index in [1.165, 1.54) is 0 Å². The molecule has 17 heavy (non-hydrogen) atoms. The van der Waals surface area contributed by atoms with Gasteiger partial charge in [-0.1, -0.05) is 23.7 Å². The lowest BCUT2D eigenvalue weighted by Crippen LogP contribution is -2.52. The zero-order chi connectivity index (χ0) is 12.3. The van der Waals surface area contributed by atoms with E-state index in [2.05, 4.69) is 0 Å². The fraction of sp³-hybridized carbons (Fsp3) is 0.462. The van der Waals surface area contributed by atoms with Crippen molar-refractivity contribution >= 4 is 17.4 Å². The highest BCUT2D eigenvalue weighted by Crippen LogP contribution is 2.21. The number of Topliss-reactive ketones (excluding diaryl/α,β-unsaturated/α-hetero) is 1. The first-order valence-electron chi connectivity index (χ1n) is 5.74. The van der Waals surface area contributed by atoms with Crippen molar-refractivity contribution in [2.45, 2.75) is 24.8 Å². The molecule has 0 amide bonds. The summed E-state index contributed by atoms with van der Waals surface area (Å²) in [5.74, 6) is 0.0723. The molecular weight excluding hydrogens is 238 g/mol. The first kappa shape index (κ1) is 12.6. The largest absolute Gasteiger partial charge is 0.381 e. The summed E-state index contributed by atoms with van der Waals surface area (Å²) < 4.78 is 5.23. The molecule has 3 nitrogen and oxygen atoms in total. The van der Waals surface area contributed by atoms with Crippen LogP contribution >= 0.6 is 11.6 Å². The smallest absolute Gasteiger partial charge is 0.157 e. The highest BCUT2D eigenvalue weighted by atomic mass is 35.5. The fourth-order valence-corrected chi connectivity index (χ4v) is 2.24. The SMILES string of the molecule is NC1(C(=O)Cc2cccc(Cl)c2)CCOCC1. The van der Waals surface area contributed by atoms with Gasteiger partial charge in [-0.15, -0.1) is 0 Å². The minimum Gasteiger partial charge on any atom is -0.381 e. The van der Waals surface area contributed by atoms with Crippen molar-refractivity contribution in [2.24, 2.45) is 5.73 Å². The van der Waals surface area contributed by atoms with Gasteiger partial charge in [-0.3, -0.25) is 4.79 Å². The molecule has 0 bridgehead atoms. The second kappa shape index (κ2) is 5.17. The third kappa shape index (κ3) is 3.06. The number of carbonyl (C=O) groups is 1. The molecule has 0 aromatic heterocycles. The average molecular weight is 254 g/mol. The number of hydrogen-bond donors (Lipinski definition) is 1. The van der Waals surface area contributed by atoms with Crippen LogP contribution in [-0.2, 0) is 16.0 Å². The molecule has 1 fully saturated rings. The van der Waals surface area contributed by atoms with E-state index in [-0.39, 0.29) is 5.78 Å². The number of halogens is 1. The monoisotopic (exact) mass is 253 g/mol. The summed E-state index contributed by atoms with van der Waals surface area (Å²) in [6, 6.07) is 7.34. The molecule has 92 valence electrons. The second-order valence-electron chi connectivity index (χ2n) is 4.50. The topological polar surface area (TPSA) is 52.3 Å². The number of hydrogen-bond acceptors (Lipinski definition) is 3. The van der Waals surface area contributed by atoms with Crippen molar-refractivity contribution in [3.05, 3.63) is 34.9 Å². The molecule has 0 atom stereocenters. The summed E-state index contributed by atoms with van der Waals surface area (Å²) in [7, 11) is 0. The number of benzene rings is 1. The Labute approximate surface area is 106 Å². The predicted molar refractivity (Wildman–Crippen MR) is 67.1 cm³/mol. The number of ketones is 1. The zero-order valence-electron chi connectivity index (χ0n) is 9.62. The van der Waals surface area contributed by atoms with Gasteiger partial charge < -0.3 is 10.5 Å². The van der Waals surface area contributed by atoms with E-state index in [1.807, 2.05) is 18.2 Å². The molecule has 1 heterocycles. The highest BCUT2D eigenvalue weighted by molar-refractivity contribution is 6.30. The Bertz CT molecular complexity index is 414. The highest BCUT2D eigenvalue weighted by Gasteiger charge is 2.35. The molecule has 0 spiro atoms. The number of rotatable bonds is 3. The van der Waals surface area contributed by atoms with Crippen molar-refractivity contribution in [3.63, 3.8) is 0 Å². The molecule has 1 saturated heterocycles. The van der Waals surface area contributed by atoms with Gasteiger partial charge in [-0.05, 0) is 30.5 Å². The molecule has 0 unspecified atom stereocenters. The van der Waals surface area contributed by atoms with Gasteiger partial charge >= 0.3 is 0 Å². The number of ether oxygens (including phenoxy) is 1. The normalized spacial score (nSPS) is 18.9. The fourth-order valence-electron chi connectivity index (χ4n) is 2.02. The lowest BCUT2D eigenvalue weighted by Gasteiger charge is -2.31. The van der Waals surface area contributed by atoms with Gasteiger partial charge in [-0.25, -0.2) is 0 Å². The summed E-state index contributed by atoms with van der Waals surface area (Å²) in [4.78, 5) is 12.2. The van der Waals surface area contributed by atoms with Gasteiger partial charge in [0.2, 0.25) is 0 Å². The second-order valence-corrected chi connectivity index (χ2v) is 4.93. The van der Waals surface area contributed by atoms with Crippen LogP contribution < -0.4 is 5.73 Å². The molecule has 1 aliphatic heterocycles. The van der Waals surface area contributed by atoms with E-state index in [9.17, 15) is 4.79 Å². The summed E-state index contributed by atoms with van der Waals surface area (Å²) in [5, 5.41) is 0.647. The average Bonchev–Trinajstić information content (AvgIpc) is 2.30. The quantitative estimate of drug-likeness (QED) is 0.896. The Kier molecular flexibility index (Phi) is 3.82. The van der Waals surface area contributed by atoms with E-state index in [0.717, 1.165) is 5.56 Å². The predicted octanol–water partition coefficient (Wildman–Crippen LogP) is 1.96. The van der Waals surface area contributed by atoms with E-state index in [4.69, 9.17) is 22.1 Å². The van der Waals surface area contributed by atoms with Crippen molar-refractivity contribution in [1.29, 1.82) is 0 Å². The Morgan fingerprint density at radius 1 is 1.41 bits per heavy atom. The van der Waals surface area contributed by atoms with E-state index < -0.39 is 5.54 Å². The summed E-state index contributed by atoms with van der Waals surface area (Å²) in [6.07, 6.45) is 1.55. The number of carbonyl (C=O) groups excluding carboxylic acids is 1. The van der Waals surface area contributed by atoms with E-state index >= 15 is 0 Å². The first-order chi connectivity index (χ1) is 8.10. The molecule has 0 aliphatic carbocycles. The number of nitrogens with two attached hydrogens (primary N) is 1. The summed E-state index contributed by atoms with van der Waals surface area (Å²) in [5.41, 5.74) is 6.32. The minimum absolute atomic E-state index is 0.0723. The van der Waals surface area contributed by atoms with Gasteiger partial charge in [0.15, 0.2) is 5.78 Å². The van der Waals surface area contributed by atoms with Crippen LogP contribution in [0.2, 0.25) is 5.02 Å². The summed E-state index contributed by atoms with van der Waals surface area (Å²) in [6.45, 7) is 1.13. The van der Waals surface area contributed by atoms with Crippen molar-refractivity contribution in [3.8, 4) is 0 Å². The lowest BCUT2D eigenvalue weighted by molar-refractivity contribution is -0.126. The molecule has 2 rings (SSSR count). The van der Waals surface area contributed by atoms with Crippen molar-refractivity contribution in [2.75, 3.05) is 13.2 Å². The summed E-state index contributed by atoms with van der Waals surface area (Å²) >= 11 is 5.89. The van der Waals surface area contributed by atoms with Crippen LogP contribution in [0.25, 0.3) is 0 Å². The van der Waals surface area contributed by atoms with Crippen LogP contribution in [0.3, 0.4) is 0 Å². The Balaban J connectivity index is 2.05. The van der Waals surface area contributed by atoms with Gasteiger partial charge in [0.1, 0.15) is 0 Å². The van der Waals surface area contributed by atoms with Gasteiger partial charge in [0, 0.05) is 24.7 Å². The third-order valence-electron chi connectivity index (χ3n) is 3.19. The van der Waals surface area contributed by atoms with Crippen LogP contribution in [0, 0.1) is 0 Å². The van der Waals surface area contributed by atoms with E-state index in [0.29, 0.717) is 37.5 Å². The maximum atomic E-state index is 12.2. The van der Waals surface area contributed by atoms with Crippen LogP contribution in [0.4, 0.5) is 0 Å².